The molecule has 0 bridgehead atoms. The zero-order valence-corrected chi connectivity index (χ0v) is 13.9. The predicted molar refractivity (Wildman–Crippen MR) is 87.7 cm³/mol. The number of fused-ring (bicyclic) bond motifs is 2. The minimum Gasteiger partial charge on any atom is -0.493 e. The van der Waals surface area contributed by atoms with E-state index in [1.54, 1.807) is 0 Å². The van der Waals surface area contributed by atoms with Crippen molar-refractivity contribution in [3.63, 3.8) is 0 Å². The first-order valence-corrected chi connectivity index (χ1v) is 9.01. The lowest BCUT2D eigenvalue weighted by molar-refractivity contribution is 0.152. The molecule has 3 atom stereocenters. The topological polar surface area (TPSA) is 24.5 Å². The first-order chi connectivity index (χ1) is 10.3. The highest BCUT2D eigenvalue weighted by molar-refractivity contribution is 9.10. The van der Waals surface area contributed by atoms with Gasteiger partial charge in [0.25, 0.3) is 0 Å². The van der Waals surface area contributed by atoms with Crippen molar-refractivity contribution in [3.8, 4) is 5.75 Å². The van der Waals surface area contributed by atoms with E-state index in [-0.39, 0.29) is 0 Å². The van der Waals surface area contributed by atoms with Crippen LogP contribution >= 0.6 is 15.9 Å². The molecule has 0 spiro atoms. The maximum Gasteiger partial charge on any atom is 0.124 e. The third kappa shape index (κ3) is 2.86. The first kappa shape index (κ1) is 14.0. The Kier molecular flexibility index (Phi) is 3.94. The van der Waals surface area contributed by atoms with Crippen LogP contribution in [-0.2, 0) is 0 Å². The fourth-order valence-electron chi connectivity index (χ4n) is 4.20. The number of ether oxygens (including phenoxy) is 1. The van der Waals surface area contributed by atoms with Gasteiger partial charge in [-0.2, -0.15) is 0 Å². The summed E-state index contributed by atoms with van der Waals surface area (Å²) in [5.41, 5.74) is 1.32. The molecule has 1 aromatic rings. The maximum atomic E-state index is 5.80. The van der Waals surface area contributed by atoms with Crippen molar-refractivity contribution in [1.29, 1.82) is 0 Å². The Labute approximate surface area is 135 Å². The SMILES string of the molecule is Brc1ccc2c(c1)C(NC1CCN3CCCC3C1)CCO2. The maximum absolute atomic E-state index is 5.80. The largest absolute Gasteiger partial charge is 0.493 e. The van der Waals surface area contributed by atoms with Gasteiger partial charge in [-0.15, -0.1) is 0 Å². The molecule has 21 heavy (non-hydrogen) atoms. The Morgan fingerprint density at radius 1 is 1.19 bits per heavy atom. The van der Waals surface area contributed by atoms with Gasteiger partial charge in [0.05, 0.1) is 6.61 Å². The predicted octanol–water partition coefficient (Wildman–Crippen LogP) is 3.49. The van der Waals surface area contributed by atoms with Gasteiger partial charge in [-0.05, 0) is 57.0 Å². The van der Waals surface area contributed by atoms with Crippen LogP contribution < -0.4 is 10.1 Å². The first-order valence-electron chi connectivity index (χ1n) is 8.22. The lowest BCUT2D eigenvalue weighted by Gasteiger charge is -2.38. The lowest BCUT2D eigenvalue weighted by Crippen LogP contribution is -2.47. The fourth-order valence-corrected chi connectivity index (χ4v) is 4.58. The van der Waals surface area contributed by atoms with Gasteiger partial charge < -0.3 is 15.0 Å². The molecule has 2 fully saturated rings. The molecular formula is C17H23BrN2O. The van der Waals surface area contributed by atoms with Crippen molar-refractivity contribution in [2.45, 2.75) is 50.2 Å². The number of piperidine rings is 1. The minimum atomic E-state index is 0.448. The van der Waals surface area contributed by atoms with Gasteiger partial charge in [0.2, 0.25) is 0 Å². The van der Waals surface area contributed by atoms with Crippen LogP contribution in [0.25, 0.3) is 0 Å². The summed E-state index contributed by atoms with van der Waals surface area (Å²) < 4.78 is 6.94. The molecule has 4 heteroatoms. The Balaban J connectivity index is 1.47. The molecular weight excluding hydrogens is 328 g/mol. The summed E-state index contributed by atoms with van der Waals surface area (Å²) in [5, 5.41) is 3.93. The van der Waals surface area contributed by atoms with Gasteiger partial charge in [-0.1, -0.05) is 15.9 Å². The average molecular weight is 351 g/mol. The van der Waals surface area contributed by atoms with Crippen molar-refractivity contribution >= 4 is 15.9 Å². The molecule has 0 aliphatic carbocycles. The normalized spacial score (nSPS) is 32.3. The molecule has 0 radical (unpaired) electrons. The van der Waals surface area contributed by atoms with E-state index < -0.39 is 0 Å². The van der Waals surface area contributed by atoms with Gasteiger partial charge >= 0.3 is 0 Å². The quantitative estimate of drug-likeness (QED) is 0.883. The fraction of sp³-hybridized carbons (Fsp3) is 0.647. The van der Waals surface area contributed by atoms with Gasteiger partial charge in [-0.25, -0.2) is 0 Å². The lowest BCUT2D eigenvalue weighted by atomic mass is 9.94. The Morgan fingerprint density at radius 3 is 3.10 bits per heavy atom. The molecule has 1 aromatic carbocycles. The summed E-state index contributed by atoms with van der Waals surface area (Å²) in [6.07, 6.45) is 6.48. The van der Waals surface area contributed by atoms with Gasteiger partial charge in [-0.3, -0.25) is 0 Å². The Hall–Kier alpha value is -0.580. The second-order valence-corrected chi connectivity index (χ2v) is 7.51. The van der Waals surface area contributed by atoms with Crippen molar-refractivity contribution in [2.75, 3.05) is 19.7 Å². The Morgan fingerprint density at radius 2 is 2.14 bits per heavy atom. The molecule has 3 aliphatic rings. The Bertz CT molecular complexity index is 522. The van der Waals surface area contributed by atoms with Crippen molar-refractivity contribution in [3.05, 3.63) is 28.2 Å². The molecule has 3 heterocycles. The van der Waals surface area contributed by atoms with Gasteiger partial charge in [0.1, 0.15) is 5.75 Å². The molecule has 0 aromatic heterocycles. The summed E-state index contributed by atoms with van der Waals surface area (Å²) in [4.78, 5) is 2.69. The number of nitrogens with zero attached hydrogens (tertiary/aromatic N) is 1. The van der Waals surface area contributed by atoms with Gasteiger partial charge in [0.15, 0.2) is 0 Å². The van der Waals surface area contributed by atoms with Crippen LogP contribution in [0.15, 0.2) is 22.7 Å². The summed E-state index contributed by atoms with van der Waals surface area (Å²) >= 11 is 3.59. The molecule has 114 valence electrons. The molecule has 0 amide bonds. The number of benzene rings is 1. The summed E-state index contributed by atoms with van der Waals surface area (Å²) in [7, 11) is 0. The smallest absolute Gasteiger partial charge is 0.124 e. The summed E-state index contributed by atoms with van der Waals surface area (Å²) in [5.74, 6) is 1.06. The number of nitrogens with one attached hydrogen (secondary N) is 1. The van der Waals surface area contributed by atoms with Crippen molar-refractivity contribution in [2.24, 2.45) is 0 Å². The number of hydrogen-bond acceptors (Lipinski definition) is 3. The second-order valence-electron chi connectivity index (χ2n) is 6.59. The van der Waals surface area contributed by atoms with E-state index in [1.807, 2.05) is 0 Å². The third-order valence-corrected chi connectivity index (χ3v) is 5.76. The van der Waals surface area contributed by atoms with E-state index in [9.17, 15) is 0 Å². The van der Waals surface area contributed by atoms with Gasteiger partial charge in [0, 0.05) is 34.6 Å². The number of rotatable bonds is 2. The molecule has 1 N–H and O–H groups in total. The summed E-state index contributed by atoms with van der Waals surface area (Å²) in [6.45, 7) is 3.43. The van der Waals surface area contributed by atoms with Crippen LogP contribution in [0.1, 0.15) is 43.7 Å². The van der Waals surface area contributed by atoms with E-state index >= 15 is 0 Å². The van der Waals surface area contributed by atoms with E-state index in [0.29, 0.717) is 12.1 Å². The number of halogens is 1. The number of hydrogen-bond donors (Lipinski definition) is 1. The van der Waals surface area contributed by atoms with Crippen LogP contribution in [0, 0.1) is 0 Å². The van der Waals surface area contributed by atoms with E-state index in [4.69, 9.17) is 4.74 Å². The second kappa shape index (κ2) is 5.90. The molecule has 2 saturated heterocycles. The molecule has 0 saturated carbocycles. The minimum absolute atomic E-state index is 0.448. The highest BCUT2D eigenvalue weighted by Crippen LogP contribution is 2.36. The van der Waals surface area contributed by atoms with Crippen molar-refractivity contribution in [1.82, 2.24) is 10.2 Å². The van der Waals surface area contributed by atoms with Crippen LogP contribution in [0.2, 0.25) is 0 Å². The highest BCUT2D eigenvalue weighted by Gasteiger charge is 2.33. The van der Waals surface area contributed by atoms with Crippen LogP contribution in [0.3, 0.4) is 0 Å². The van der Waals surface area contributed by atoms with Crippen LogP contribution in [-0.4, -0.2) is 36.7 Å². The third-order valence-electron chi connectivity index (χ3n) is 5.27. The molecule has 3 unspecified atom stereocenters. The molecule has 3 aliphatic heterocycles. The van der Waals surface area contributed by atoms with E-state index in [0.717, 1.165) is 29.3 Å². The van der Waals surface area contributed by atoms with Crippen LogP contribution in [0.5, 0.6) is 5.75 Å². The van der Waals surface area contributed by atoms with Crippen molar-refractivity contribution < 1.29 is 4.74 Å². The van der Waals surface area contributed by atoms with Crippen LogP contribution in [0.4, 0.5) is 0 Å². The highest BCUT2D eigenvalue weighted by atomic mass is 79.9. The standard InChI is InChI=1S/C17H23BrN2O/c18-12-3-4-17-15(10-12)16(6-9-21-17)19-13-5-8-20-7-1-2-14(20)11-13/h3-4,10,13-14,16,19H,1-2,5-9,11H2. The monoisotopic (exact) mass is 350 g/mol. The zero-order chi connectivity index (χ0) is 14.2. The van der Waals surface area contributed by atoms with E-state index in [1.165, 1.54) is 44.3 Å². The van der Waals surface area contributed by atoms with E-state index in [2.05, 4.69) is 44.3 Å². The summed E-state index contributed by atoms with van der Waals surface area (Å²) in [6, 6.07) is 8.32. The molecule has 3 nitrogen and oxygen atoms in total. The molecule has 4 rings (SSSR count). The zero-order valence-electron chi connectivity index (χ0n) is 12.4. The average Bonchev–Trinajstić information content (AvgIpc) is 2.95.